The predicted molar refractivity (Wildman–Crippen MR) is 66.8 cm³/mol. The van der Waals surface area contributed by atoms with Gasteiger partial charge in [0.1, 0.15) is 0 Å². The van der Waals surface area contributed by atoms with Crippen LogP contribution >= 0.6 is 11.3 Å². The lowest BCUT2D eigenvalue weighted by atomic mass is 10.3. The molecule has 0 bridgehead atoms. The van der Waals surface area contributed by atoms with E-state index >= 15 is 0 Å². The van der Waals surface area contributed by atoms with Crippen LogP contribution in [0.3, 0.4) is 0 Å². The fraction of sp³-hybridized carbons (Fsp3) is 0. The van der Waals surface area contributed by atoms with Gasteiger partial charge in [0.15, 0.2) is 0 Å². The topological polar surface area (TPSA) is 102 Å². The molecule has 1 aromatic carbocycles. The molecular weight excluding hydrogens is 260 g/mol. The number of sulfonamides is 1. The summed E-state index contributed by atoms with van der Waals surface area (Å²) < 4.78 is 24.8. The predicted octanol–water partition coefficient (Wildman–Crippen LogP) is 0.794. The first-order valence-electron chi connectivity index (χ1n) is 4.57. The number of hydrogen-bond acceptors (Lipinski definition) is 6. The van der Waals surface area contributed by atoms with Gasteiger partial charge in [-0.3, -0.25) is 0 Å². The third-order valence-corrected chi connectivity index (χ3v) is 4.49. The number of rotatable bonds is 3. The molecule has 0 saturated heterocycles. The molecule has 1 aromatic heterocycles. The molecule has 0 aliphatic rings. The Labute approximate surface area is 103 Å². The quantitative estimate of drug-likeness (QED) is 0.488. The monoisotopic (exact) mass is 270 g/mol. The van der Waals surface area contributed by atoms with Crippen LogP contribution in [0.1, 0.15) is 0 Å². The largest absolute Gasteiger partial charge is 0.399 e. The van der Waals surface area contributed by atoms with E-state index in [9.17, 15) is 8.42 Å². The molecule has 6 nitrogen and oxygen atoms in total. The summed E-state index contributed by atoms with van der Waals surface area (Å²) in [5.41, 5.74) is 5.98. The van der Waals surface area contributed by atoms with Gasteiger partial charge in [0.2, 0.25) is 5.13 Å². The standard InChI is InChI=1S/C9H10N4O2S2/c10-7-1-3-8(4-2-7)17(14,15)13(11)9-12-5-6-16-9/h1-6H,10-11H2. The van der Waals surface area contributed by atoms with Crippen LogP contribution < -0.4 is 16.0 Å². The molecule has 0 aliphatic carbocycles. The van der Waals surface area contributed by atoms with Crippen molar-refractivity contribution >= 4 is 32.2 Å². The second-order valence-corrected chi connectivity index (χ2v) is 5.87. The number of nitrogen functional groups attached to an aromatic ring is 1. The van der Waals surface area contributed by atoms with E-state index in [2.05, 4.69) is 4.98 Å². The van der Waals surface area contributed by atoms with E-state index in [-0.39, 0.29) is 10.0 Å². The van der Waals surface area contributed by atoms with Gasteiger partial charge < -0.3 is 5.73 Å². The minimum atomic E-state index is -3.78. The fourth-order valence-corrected chi connectivity index (χ4v) is 3.03. The van der Waals surface area contributed by atoms with E-state index < -0.39 is 10.0 Å². The zero-order valence-corrected chi connectivity index (χ0v) is 10.3. The number of anilines is 2. The fourth-order valence-electron chi connectivity index (χ4n) is 1.18. The van der Waals surface area contributed by atoms with Crippen LogP contribution in [0, 0.1) is 0 Å². The second-order valence-electron chi connectivity index (χ2n) is 3.18. The third-order valence-electron chi connectivity index (χ3n) is 2.04. The van der Waals surface area contributed by atoms with Crippen LogP contribution in [-0.2, 0) is 10.0 Å². The number of nitrogens with zero attached hydrogens (tertiary/aromatic N) is 2. The van der Waals surface area contributed by atoms with Gasteiger partial charge in [-0.1, -0.05) is 0 Å². The normalized spacial score (nSPS) is 11.4. The van der Waals surface area contributed by atoms with Crippen molar-refractivity contribution in [1.29, 1.82) is 0 Å². The molecule has 0 spiro atoms. The van der Waals surface area contributed by atoms with Crippen LogP contribution in [-0.4, -0.2) is 13.4 Å². The Morgan fingerprint density at radius 1 is 1.24 bits per heavy atom. The van der Waals surface area contributed by atoms with Gasteiger partial charge in [-0.05, 0) is 24.3 Å². The van der Waals surface area contributed by atoms with Gasteiger partial charge in [0.25, 0.3) is 10.0 Å². The highest BCUT2D eigenvalue weighted by Crippen LogP contribution is 2.22. The first-order chi connectivity index (χ1) is 8.01. The number of aromatic nitrogens is 1. The van der Waals surface area contributed by atoms with Crippen LogP contribution in [0.4, 0.5) is 10.8 Å². The summed E-state index contributed by atoms with van der Waals surface area (Å²) in [6, 6.07) is 5.81. The third kappa shape index (κ3) is 2.23. The van der Waals surface area contributed by atoms with Crippen LogP contribution in [0.15, 0.2) is 40.7 Å². The van der Waals surface area contributed by atoms with Crippen LogP contribution in [0.5, 0.6) is 0 Å². The van der Waals surface area contributed by atoms with Crippen LogP contribution in [0.25, 0.3) is 0 Å². The van der Waals surface area contributed by atoms with E-state index in [0.29, 0.717) is 10.1 Å². The van der Waals surface area contributed by atoms with Crippen LogP contribution in [0.2, 0.25) is 0 Å². The van der Waals surface area contributed by atoms with Crippen molar-refractivity contribution in [2.75, 3.05) is 10.1 Å². The van der Waals surface area contributed by atoms with Gasteiger partial charge in [0, 0.05) is 17.3 Å². The molecule has 0 radical (unpaired) electrons. The number of nitrogens with two attached hydrogens (primary N) is 2. The number of hydrazine groups is 1. The van der Waals surface area contributed by atoms with Gasteiger partial charge in [-0.15, -0.1) is 11.3 Å². The Morgan fingerprint density at radius 2 is 1.88 bits per heavy atom. The van der Waals surface area contributed by atoms with E-state index in [4.69, 9.17) is 11.6 Å². The smallest absolute Gasteiger partial charge is 0.279 e. The van der Waals surface area contributed by atoms with Crippen molar-refractivity contribution in [3.05, 3.63) is 35.8 Å². The summed E-state index contributed by atoms with van der Waals surface area (Å²) in [7, 11) is -3.78. The van der Waals surface area contributed by atoms with Crippen molar-refractivity contribution < 1.29 is 8.42 Å². The SMILES string of the molecule is Nc1ccc(S(=O)(=O)N(N)c2nccs2)cc1. The number of hydrogen-bond donors (Lipinski definition) is 2. The van der Waals surface area contributed by atoms with Crippen molar-refractivity contribution in [1.82, 2.24) is 4.98 Å². The molecule has 0 aliphatic heterocycles. The number of benzene rings is 1. The zero-order valence-electron chi connectivity index (χ0n) is 8.65. The zero-order chi connectivity index (χ0) is 12.5. The Bertz CT molecular complexity index is 592. The molecule has 17 heavy (non-hydrogen) atoms. The summed E-state index contributed by atoms with van der Waals surface area (Å²) >= 11 is 1.14. The average molecular weight is 270 g/mol. The van der Waals surface area contributed by atoms with Crippen molar-refractivity contribution in [2.24, 2.45) is 5.84 Å². The Balaban J connectivity index is 2.40. The lowest BCUT2D eigenvalue weighted by molar-refractivity contribution is 0.592. The lowest BCUT2D eigenvalue weighted by Gasteiger charge is -2.15. The van der Waals surface area contributed by atoms with Crippen molar-refractivity contribution in [2.45, 2.75) is 4.90 Å². The molecule has 2 rings (SSSR count). The van der Waals surface area contributed by atoms with Gasteiger partial charge in [0.05, 0.1) is 4.90 Å². The highest BCUT2D eigenvalue weighted by molar-refractivity contribution is 7.93. The molecule has 0 fully saturated rings. The molecule has 8 heteroatoms. The highest BCUT2D eigenvalue weighted by atomic mass is 32.2. The molecule has 2 aromatic rings. The molecule has 90 valence electrons. The maximum Gasteiger partial charge on any atom is 0.279 e. The Hall–Kier alpha value is -1.64. The van der Waals surface area contributed by atoms with E-state index in [1.54, 1.807) is 5.38 Å². The molecule has 1 heterocycles. The number of thiazole rings is 1. The minimum Gasteiger partial charge on any atom is -0.399 e. The van der Waals surface area contributed by atoms with Gasteiger partial charge >= 0.3 is 0 Å². The summed E-state index contributed by atoms with van der Waals surface area (Å²) in [6.07, 6.45) is 1.48. The summed E-state index contributed by atoms with van der Waals surface area (Å²) in [5.74, 6) is 5.55. The van der Waals surface area contributed by atoms with Crippen molar-refractivity contribution in [3.8, 4) is 0 Å². The molecule has 0 unspecified atom stereocenters. The van der Waals surface area contributed by atoms with Gasteiger partial charge in [-0.2, -0.15) is 12.8 Å². The average Bonchev–Trinajstić information content (AvgIpc) is 2.82. The van der Waals surface area contributed by atoms with Crippen molar-refractivity contribution in [3.63, 3.8) is 0 Å². The highest BCUT2D eigenvalue weighted by Gasteiger charge is 2.23. The summed E-state index contributed by atoms with van der Waals surface area (Å²) in [4.78, 5) is 3.91. The minimum absolute atomic E-state index is 0.0735. The molecule has 0 amide bonds. The maximum atomic E-state index is 12.1. The summed E-state index contributed by atoms with van der Waals surface area (Å²) in [5, 5.41) is 1.86. The lowest BCUT2D eigenvalue weighted by Crippen LogP contribution is -2.37. The molecule has 4 N–H and O–H groups in total. The summed E-state index contributed by atoms with van der Waals surface area (Å²) in [6.45, 7) is 0. The first kappa shape index (κ1) is 11.8. The Kier molecular flexibility index (Phi) is 3.01. The second kappa shape index (κ2) is 4.32. The maximum absolute atomic E-state index is 12.1. The van der Waals surface area contributed by atoms with Gasteiger partial charge in [-0.25, -0.2) is 10.8 Å². The molecular formula is C9H10N4O2S2. The van der Waals surface area contributed by atoms with E-state index in [1.807, 2.05) is 0 Å². The van der Waals surface area contributed by atoms with E-state index in [0.717, 1.165) is 11.3 Å². The molecule has 0 atom stereocenters. The first-order valence-corrected chi connectivity index (χ1v) is 6.89. The Morgan fingerprint density at radius 3 is 2.41 bits per heavy atom. The molecule has 0 saturated carbocycles. The van der Waals surface area contributed by atoms with E-state index in [1.165, 1.54) is 30.5 Å².